The Labute approximate surface area is 135 Å². The van der Waals surface area contributed by atoms with Crippen LogP contribution in [0.4, 0.5) is 0 Å². The second kappa shape index (κ2) is 11.1. The third-order valence-electron chi connectivity index (χ3n) is 4.16. The molecule has 0 radical (unpaired) electrons. The van der Waals surface area contributed by atoms with E-state index in [0.29, 0.717) is 13.1 Å². The Hall–Kier alpha value is -1.52. The molecule has 0 aliphatic heterocycles. The lowest BCUT2D eigenvalue weighted by Crippen LogP contribution is -2.43. The molecule has 1 fully saturated rings. The Kier molecular flexibility index (Phi) is 9.35. The zero-order valence-corrected chi connectivity index (χ0v) is 14.2. The first kappa shape index (κ1) is 18.5. The molecule has 5 nitrogen and oxygen atoms in total. The molecule has 0 unspecified atom stereocenters. The molecule has 1 aliphatic rings. The maximum Gasteiger partial charge on any atom is 0.223 e. The Balaban J connectivity index is 2.18. The van der Waals surface area contributed by atoms with E-state index >= 15 is 0 Å². The van der Waals surface area contributed by atoms with Crippen molar-refractivity contribution in [2.45, 2.75) is 44.9 Å². The summed E-state index contributed by atoms with van der Waals surface area (Å²) >= 11 is 0. The fourth-order valence-electron chi connectivity index (χ4n) is 2.83. The lowest BCUT2D eigenvalue weighted by molar-refractivity contribution is -0.125. The Morgan fingerprint density at radius 2 is 1.95 bits per heavy atom. The quantitative estimate of drug-likeness (QED) is 0.313. The van der Waals surface area contributed by atoms with E-state index in [0.717, 1.165) is 38.2 Å². The number of nitrogens with one attached hydrogen (secondary N) is 2. The number of hydrogen-bond acceptors (Lipinski definition) is 2. The summed E-state index contributed by atoms with van der Waals surface area (Å²) in [5, 5.41) is 6.32. The summed E-state index contributed by atoms with van der Waals surface area (Å²) in [5.74, 6) is 1.32. The Morgan fingerprint density at radius 3 is 2.59 bits per heavy atom. The highest BCUT2D eigenvalue weighted by Gasteiger charge is 2.20. The zero-order chi connectivity index (χ0) is 16.2. The number of unbranched alkanes of at least 4 members (excludes halogenated alkanes) is 1. The fourth-order valence-corrected chi connectivity index (χ4v) is 2.83. The first-order valence-corrected chi connectivity index (χ1v) is 8.49. The van der Waals surface area contributed by atoms with Gasteiger partial charge >= 0.3 is 0 Å². The summed E-state index contributed by atoms with van der Waals surface area (Å²) in [6.07, 6.45) is 9.78. The van der Waals surface area contributed by atoms with E-state index in [4.69, 9.17) is 0 Å². The molecule has 0 bridgehead atoms. The zero-order valence-electron chi connectivity index (χ0n) is 14.2. The molecule has 0 aromatic heterocycles. The molecule has 0 aromatic carbocycles. The van der Waals surface area contributed by atoms with Gasteiger partial charge in [-0.3, -0.25) is 9.79 Å². The van der Waals surface area contributed by atoms with E-state index in [1.54, 1.807) is 7.05 Å². The minimum atomic E-state index is 0.218. The first-order chi connectivity index (χ1) is 10.7. The second-order valence-corrected chi connectivity index (χ2v) is 5.95. The van der Waals surface area contributed by atoms with Crippen molar-refractivity contribution in [1.29, 1.82) is 0 Å². The van der Waals surface area contributed by atoms with Gasteiger partial charge in [0.05, 0.1) is 0 Å². The van der Waals surface area contributed by atoms with Crippen molar-refractivity contribution in [3.8, 4) is 0 Å². The van der Waals surface area contributed by atoms with Crippen molar-refractivity contribution >= 4 is 11.9 Å². The number of carbonyl (C=O) groups is 1. The van der Waals surface area contributed by atoms with Crippen LogP contribution in [0.5, 0.6) is 0 Å². The average Bonchev–Trinajstić information content (AvgIpc) is 2.55. The van der Waals surface area contributed by atoms with Crippen molar-refractivity contribution in [2.75, 3.05) is 33.7 Å². The van der Waals surface area contributed by atoms with Crippen LogP contribution in [0, 0.1) is 5.92 Å². The van der Waals surface area contributed by atoms with Gasteiger partial charge < -0.3 is 15.5 Å². The van der Waals surface area contributed by atoms with Crippen LogP contribution in [0.15, 0.2) is 17.6 Å². The van der Waals surface area contributed by atoms with Crippen molar-refractivity contribution in [1.82, 2.24) is 15.5 Å². The van der Waals surface area contributed by atoms with Crippen LogP contribution in [0.1, 0.15) is 44.9 Å². The molecule has 1 rings (SSSR count). The number of carbonyl (C=O) groups excluding carboxylic acids is 1. The smallest absolute Gasteiger partial charge is 0.223 e. The van der Waals surface area contributed by atoms with Gasteiger partial charge in [-0.2, -0.15) is 0 Å². The van der Waals surface area contributed by atoms with Crippen LogP contribution in [-0.2, 0) is 4.79 Å². The van der Waals surface area contributed by atoms with Crippen LogP contribution in [-0.4, -0.2) is 50.5 Å². The summed E-state index contributed by atoms with van der Waals surface area (Å²) in [6.45, 7) is 6.03. The topological polar surface area (TPSA) is 56.7 Å². The number of guanidine groups is 1. The molecule has 1 saturated carbocycles. The van der Waals surface area contributed by atoms with E-state index in [1.165, 1.54) is 19.3 Å². The maximum atomic E-state index is 12.0. The highest BCUT2D eigenvalue weighted by atomic mass is 16.1. The third kappa shape index (κ3) is 6.96. The second-order valence-electron chi connectivity index (χ2n) is 5.95. The molecule has 0 spiro atoms. The van der Waals surface area contributed by atoms with Gasteiger partial charge in [-0.15, -0.1) is 6.58 Å². The number of rotatable bonds is 8. The van der Waals surface area contributed by atoms with Crippen molar-refractivity contribution in [3.63, 3.8) is 0 Å². The first-order valence-electron chi connectivity index (χ1n) is 8.49. The van der Waals surface area contributed by atoms with Gasteiger partial charge in [0.15, 0.2) is 5.96 Å². The van der Waals surface area contributed by atoms with Gasteiger partial charge in [-0.25, -0.2) is 0 Å². The van der Waals surface area contributed by atoms with Gasteiger partial charge in [0.25, 0.3) is 0 Å². The maximum absolute atomic E-state index is 12.0. The molecule has 1 aliphatic carbocycles. The molecule has 5 heteroatoms. The van der Waals surface area contributed by atoms with Crippen molar-refractivity contribution < 1.29 is 4.79 Å². The van der Waals surface area contributed by atoms with Gasteiger partial charge in [0, 0.05) is 39.6 Å². The summed E-state index contributed by atoms with van der Waals surface area (Å²) in [4.78, 5) is 18.4. The molecular formula is C17H32N4O. The standard InChI is InChI=1S/C17H32N4O/c1-4-5-9-14-21(3)17(18-2)20-13-12-19-16(22)15-10-7-6-8-11-15/h4,15H,1,5-14H2,2-3H3,(H,18,20)(H,19,22). The summed E-state index contributed by atoms with van der Waals surface area (Å²) in [7, 11) is 3.81. The summed E-state index contributed by atoms with van der Waals surface area (Å²) < 4.78 is 0. The van der Waals surface area contributed by atoms with E-state index in [-0.39, 0.29) is 11.8 Å². The molecule has 126 valence electrons. The van der Waals surface area contributed by atoms with Crippen molar-refractivity contribution in [3.05, 3.63) is 12.7 Å². The Morgan fingerprint density at radius 1 is 1.27 bits per heavy atom. The highest BCUT2D eigenvalue weighted by Crippen LogP contribution is 2.23. The molecule has 1 amide bonds. The molecule has 0 atom stereocenters. The van der Waals surface area contributed by atoms with Crippen LogP contribution in [0.2, 0.25) is 0 Å². The van der Waals surface area contributed by atoms with Crippen LogP contribution in [0.25, 0.3) is 0 Å². The van der Waals surface area contributed by atoms with Crippen LogP contribution in [0.3, 0.4) is 0 Å². The van der Waals surface area contributed by atoms with E-state index < -0.39 is 0 Å². The fraction of sp³-hybridized carbons (Fsp3) is 0.765. The largest absolute Gasteiger partial charge is 0.354 e. The molecule has 2 N–H and O–H groups in total. The van der Waals surface area contributed by atoms with Gasteiger partial charge in [0.1, 0.15) is 0 Å². The average molecular weight is 308 g/mol. The van der Waals surface area contributed by atoms with Crippen molar-refractivity contribution in [2.24, 2.45) is 10.9 Å². The lowest BCUT2D eigenvalue weighted by Gasteiger charge is -2.23. The van der Waals surface area contributed by atoms with E-state index in [1.807, 2.05) is 13.1 Å². The van der Waals surface area contributed by atoms with Gasteiger partial charge in [-0.1, -0.05) is 25.3 Å². The van der Waals surface area contributed by atoms with Gasteiger partial charge in [0.2, 0.25) is 5.91 Å². The summed E-state index contributed by atoms with van der Waals surface area (Å²) in [6, 6.07) is 0. The number of aliphatic imine (C=N–C) groups is 1. The van der Waals surface area contributed by atoms with Crippen LogP contribution < -0.4 is 10.6 Å². The molecule has 22 heavy (non-hydrogen) atoms. The van der Waals surface area contributed by atoms with Crippen LogP contribution >= 0.6 is 0 Å². The van der Waals surface area contributed by atoms with E-state index in [2.05, 4.69) is 27.1 Å². The third-order valence-corrected chi connectivity index (χ3v) is 4.16. The number of amides is 1. The summed E-state index contributed by atoms with van der Waals surface area (Å²) in [5.41, 5.74) is 0. The molecular weight excluding hydrogens is 276 g/mol. The highest BCUT2D eigenvalue weighted by molar-refractivity contribution is 5.80. The minimum Gasteiger partial charge on any atom is -0.354 e. The molecule has 0 saturated heterocycles. The Bertz CT molecular complexity index is 362. The monoisotopic (exact) mass is 308 g/mol. The number of nitrogens with zero attached hydrogens (tertiary/aromatic N) is 2. The van der Waals surface area contributed by atoms with E-state index in [9.17, 15) is 4.79 Å². The SMILES string of the molecule is C=CCCCN(C)C(=NC)NCCNC(=O)C1CCCCC1. The lowest BCUT2D eigenvalue weighted by atomic mass is 9.89. The molecule has 0 aromatic rings. The normalized spacial score (nSPS) is 16.2. The number of allylic oxidation sites excluding steroid dienone is 1. The number of hydrogen-bond donors (Lipinski definition) is 2. The predicted octanol–water partition coefficient (Wildman–Crippen LogP) is 2.16. The predicted molar refractivity (Wildman–Crippen MR) is 93.0 cm³/mol. The van der Waals surface area contributed by atoms with Gasteiger partial charge in [-0.05, 0) is 25.7 Å². The minimum absolute atomic E-state index is 0.218. The molecule has 0 heterocycles.